The number of nitrogens with zero attached hydrogens (tertiary/aromatic N) is 5. The van der Waals surface area contributed by atoms with E-state index >= 15 is 0 Å². The molecule has 0 spiro atoms. The molecule has 198 valence electrons. The molecule has 1 aliphatic rings. The Hall–Kier alpha value is -3.56. The SMILES string of the molecule is CCc1c2[n-]c(c1CC)-c1cccc(n1)-c1cccc(n1)-c1cccc(n1)C=c1[n-]c(c(CC)c1CC)=C2.[Pt+2]. The Bertz CT molecular complexity index is 1780. The zero-order valence-electron chi connectivity index (χ0n) is 22.7. The summed E-state index contributed by atoms with van der Waals surface area (Å²) in [7, 11) is 0. The molecule has 5 aromatic rings. The molecule has 0 saturated carbocycles. The number of rotatable bonds is 4. The van der Waals surface area contributed by atoms with Crippen LogP contribution in [0, 0.1) is 0 Å². The van der Waals surface area contributed by atoms with Gasteiger partial charge in [0.25, 0.3) is 0 Å². The third-order valence-corrected chi connectivity index (χ3v) is 7.42. The standard InChI is InChI=1S/C33H31N5.Pt/c1-5-21-22(6-2)31-19-32-23(7-3)24(8-4)33(38-32)29-17-11-16-28(36-29)27-15-10-14-26(35-27)25-13-9-12-20(34-25)18-30(21)37-31;/h9-19H,5-8H2,1-4H3;/q-2;+2. The summed E-state index contributed by atoms with van der Waals surface area (Å²) >= 11 is 0. The van der Waals surface area contributed by atoms with Gasteiger partial charge in [0.15, 0.2) is 0 Å². The summed E-state index contributed by atoms with van der Waals surface area (Å²) < 4.78 is 0. The number of pyridine rings is 3. The van der Waals surface area contributed by atoms with Crippen LogP contribution in [0.3, 0.4) is 0 Å². The van der Waals surface area contributed by atoms with Gasteiger partial charge in [-0.05, 0) is 62.1 Å². The van der Waals surface area contributed by atoms with Gasteiger partial charge in [0.1, 0.15) is 0 Å². The number of hydrogen-bond donors (Lipinski definition) is 0. The molecule has 10 bridgehead atoms. The van der Waals surface area contributed by atoms with Crippen molar-refractivity contribution in [1.82, 2.24) is 24.9 Å². The minimum absolute atomic E-state index is 0. The Morgan fingerprint density at radius 3 is 1.59 bits per heavy atom. The Morgan fingerprint density at radius 2 is 1.00 bits per heavy atom. The van der Waals surface area contributed by atoms with Crippen molar-refractivity contribution in [2.24, 2.45) is 0 Å². The van der Waals surface area contributed by atoms with Gasteiger partial charge in [-0.2, -0.15) is 0 Å². The van der Waals surface area contributed by atoms with Crippen molar-refractivity contribution in [3.63, 3.8) is 0 Å². The first-order valence-electron chi connectivity index (χ1n) is 13.6. The van der Waals surface area contributed by atoms with Gasteiger partial charge >= 0.3 is 21.1 Å². The fourth-order valence-electron chi connectivity index (χ4n) is 5.63. The number of aromatic nitrogens is 5. The molecule has 39 heavy (non-hydrogen) atoms. The molecule has 0 radical (unpaired) electrons. The molecule has 0 amide bonds. The summed E-state index contributed by atoms with van der Waals surface area (Å²) in [5.41, 5.74) is 12.1. The molecule has 0 fully saturated rings. The average Bonchev–Trinajstić information content (AvgIpc) is 3.49. The van der Waals surface area contributed by atoms with Gasteiger partial charge in [-0.1, -0.05) is 80.3 Å². The predicted molar refractivity (Wildman–Crippen MR) is 153 cm³/mol. The first kappa shape index (κ1) is 27.0. The molecule has 0 unspecified atom stereocenters. The molecule has 1 aliphatic heterocycles. The molecule has 6 rings (SSSR count). The summed E-state index contributed by atoms with van der Waals surface area (Å²) in [5, 5.41) is 1.99. The average molecular weight is 693 g/mol. The molecular weight excluding hydrogens is 661 g/mol. The second-order valence-corrected chi connectivity index (χ2v) is 9.61. The van der Waals surface area contributed by atoms with Crippen LogP contribution in [-0.2, 0) is 46.7 Å². The van der Waals surface area contributed by atoms with Crippen molar-refractivity contribution >= 4 is 12.2 Å². The summed E-state index contributed by atoms with van der Waals surface area (Å²) in [6.45, 7) is 8.81. The van der Waals surface area contributed by atoms with Crippen molar-refractivity contribution in [3.05, 3.63) is 98.9 Å². The quantitative estimate of drug-likeness (QED) is 0.260. The van der Waals surface area contributed by atoms with Gasteiger partial charge in [0.05, 0.1) is 28.5 Å². The van der Waals surface area contributed by atoms with Gasteiger partial charge in [-0.25, -0.2) is 15.0 Å². The largest absolute Gasteiger partial charge is 2.00 e. The maximum Gasteiger partial charge on any atom is 2.00 e. The molecule has 0 N–H and O–H groups in total. The van der Waals surface area contributed by atoms with Crippen molar-refractivity contribution in [2.45, 2.75) is 53.4 Å². The fourth-order valence-corrected chi connectivity index (χ4v) is 5.63. The molecule has 0 saturated heterocycles. The van der Waals surface area contributed by atoms with Crippen LogP contribution in [0.15, 0.2) is 54.6 Å². The summed E-state index contributed by atoms with van der Waals surface area (Å²) in [4.78, 5) is 25.3. The molecule has 5 nitrogen and oxygen atoms in total. The van der Waals surface area contributed by atoms with Crippen molar-refractivity contribution in [2.75, 3.05) is 0 Å². The first-order valence-corrected chi connectivity index (χ1v) is 13.6. The Balaban J connectivity index is 0.00000308. The van der Waals surface area contributed by atoms with Gasteiger partial charge in [-0.3, -0.25) is 0 Å². The molecular formula is C33H31N5Pt. The third kappa shape index (κ3) is 4.85. The van der Waals surface area contributed by atoms with Gasteiger partial charge in [0, 0.05) is 5.69 Å². The third-order valence-electron chi connectivity index (χ3n) is 7.42. The van der Waals surface area contributed by atoms with Crippen LogP contribution in [-0.4, -0.2) is 15.0 Å². The van der Waals surface area contributed by atoms with E-state index in [1.165, 1.54) is 22.3 Å². The monoisotopic (exact) mass is 692 g/mol. The minimum atomic E-state index is 0. The summed E-state index contributed by atoms with van der Waals surface area (Å²) in [6.07, 6.45) is 7.92. The molecule has 0 aliphatic carbocycles. The normalized spacial score (nSPS) is 11.7. The second kappa shape index (κ2) is 11.3. The van der Waals surface area contributed by atoms with E-state index in [9.17, 15) is 0 Å². The van der Waals surface area contributed by atoms with Crippen LogP contribution >= 0.6 is 0 Å². The second-order valence-electron chi connectivity index (χ2n) is 9.61. The van der Waals surface area contributed by atoms with Crippen LogP contribution in [0.5, 0.6) is 0 Å². The van der Waals surface area contributed by atoms with Crippen LogP contribution in [0.25, 0.3) is 46.3 Å². The number of fused-ring (bicyclic) bond motifs is 13. The van der Waals surface area contributed by atoms with Crippen molar-refractivity contribution in [3.8, 4) is 34.2 Å². The van der Waals surface area contributed by atoms with Gasteiger partial charge in [-0.15, -0.1) is 22.1 Å². The Kier molecular flexibility index (Phi) is 7.81. The fraction of sp³-hybridized carbons (Fsp3) is 0.242. The molecule has 6 heteroatoms. The molecule has 0 aromatic carbocycles. The molecule has 0 atom stereocenters. The maximum atomic E-state index is 5.19. The van der Waals surface area contributed by atoms with E-state index < -0.39 is 0 Å². The van der Waals surface area contributed by atoms with Gasteiger partial charge < -0.3 is 9.97 Å². The predicted octanol–water partition coefficient (Wildman–Crippen LogP) is 5.01. The van der Waals surface area contributed by atoms with Crippen molar-refractivity contribution in [1.29, 1.82) is 0 Å². The van der Waals surface area contributed by atoms with E-state index in [1.807, 2.05) is 48.5 Å². The van der Waals surface area contributed by atoms with E-state index in [0.717, 1.165) is 81.9 Å². The smallest absolute Gasteiger partial charge is 0.657 e. The van der Waals surface area contributed by atoms with Crippen molar-refractivity contribution < 1.29 is 21.1 Å². The number of hydrogen-bond acceptors (Lipinski definition) is 3. The Labute approximate surface area is 243 Å². The summed E-state index contributed by atoms with van der Waals surface area (Å²) in [6, 6.07) is 18.2. The van der Waals surface area contributed by atoms with Gasteiger partial charge in [0.2, 0.25) is 0 Å². The van der Waals surface area contributed by atoms with Crippen LogP contribution < -0.4 is 20.7 Å². The summed E-state index contributed by atoms with van der Waals surface area (Å²) in [5.74, 6) is 0. The molecule has 6 heterocycles. The maximum absolute atomic E-state index is 5.19. The van der Waals surface area contributed by atoms with Crippen LogP contribution in [0.4, 0.5) is 0 Å². The van der Waals surface area contributed by atoms with E-state index in [4.69, 9.17) is 24.9 Å². The van der Waals surface area contributed by atoms with Crippen LogP contribution in [0.1, 0.15) is 61.3 Å². The van der Waals surface area contributed by atoms with E-state index in [2.05, 4.69) is 45.9 Å². The van der Waals surface area contributed by atoms with E-state index in [0.29, 0.717) is 0 Å². The zero-order chi connectivity index (χ0) is 26.2. The van der Waals surface area contributed by atoms with E-state index in [-0.39, 0.29) is 21.1 Å². The Morgan fingerprint density at radius 1 is 0.513 bits per heavy atom. The molecule has 5 aromatic heterocycles. The van der Waals surface area contributed by atoms with E-state index in [1.54, 1.807) is 0 Å². The zero-order valence-corrected chi connectivity index (χ0v) is 25.0. The minimum Gasteiger partial charge on any atom is -0.657 e. The van der Waals surface area contributed by atoms with Crippen LogP contribution in [0.2, 0.25) is 0 Å². The topological polar surface area (TPSA) is 66.9 Å². The first-order chi connectivity index (χ1) is 18.6.